The lowest BCUT2D eigenvalue weighted by Gasteiger charge is -2.05. The first-order chi connectivity index (χ1) is 11.2. The summed E-state index contributed by atoms with van der Waals surface area (Å²) in [6.07, 6.45) is 12.7. The van der Waals surface area contributed by atoms with Gasteiger partial charge >= 0.3 is 5.69 Å². The number of fused-ring (bicyclic) bond motifs is 2. The van der Waals surface area contributed by atoms with Gasteiger partial charge in [0, 0.05) is 6.20 Å². The van der Waals surface area contributed by atoms with Crippen molar-refractivity contribution in [3.05, 3.63) is 75.6 Å². The van der Waals surface area contributed by atoms with Gasteiger partial charge in [-0.15, -0.1) is 0 Å². The fourth-order valence-electron chi connectivity index (χ4n) is 2.12. The maximum absolute atomic E-state index is 11.6. The van der Waals surface area contributed by atoms with E-state index in [9.17, 15) is 4.79 Å². The highest BCUT2D eigenvalue weighted by Gasteiger charge is 2.08. The van der Waals surface area contributed by atoms with Crippen molar-refractivity contribution < 1.29 is 0 Å². The lowest BCUT2D eigenvalue weighted by atomic mass is 10.3. The summed E-state index contributed by atoms with van der Waals surface area (Å²) in [7, 11) is 0. The van der Waals surface area contributed by atoms with Gasteiger partial charge < -0.3 is 0 Å². The second-order valence-corrected chi connectivity index (χ2v) is 5.19. The van der Waals surface area contributed by atoms with Gasteiger partial charge in [0.15, 0.2) is 5.82 Å². The van der Waals surface area contributed by atoms with E-state index in [1.54, 1.807) is 12.1 Å². The van der Waals surface area contributed by atoms with E-state index in [0.717, 1.165) is 4.57 Å². The van der Waals surface area contributed by atoms with Crippen LogP contribution >= 0.6 is 11.6 Å². The minimum atomic E-state index is -0.566. The molecule has 0 atom stereocenters. The number of pyridine rings is 1. The molecular formula is C15H13ClN6O. The average molecular weight is 329 g/mol. The maximum Gasteiger partial charge on any atom is 0.357 e. The first-order valence-corrected chi connectivity index (χ1v) is 7.16. The molecule has 0 amide bonds. The highest BCUT2D eigenvalue weighted by Crippen LogP contribution is 2.27. The number of nitrogens with zero attached hydrogens (tertiary/aromatic N) is 4. The van der Waals surface area contributed by atoms with E-state index in [-0.39, 0.29) is 11.8 Å². The normalized spacial score (nSPS) is 14.0. The summed E-state index contributed by atoms with van der Waals surface area (Å²) in [5.74, 6) is 5.38. The van der Waals surface area contributed by atoms with Crippen LogP contribution in [0.1, 0.15) is 6.42 Å². The fraction of sp³-hybridized carbons (Fsp3) is 0.0667. The molecule has 2 aromatic heterocycles. The van der Waals surface area contributed by atoms with Crippen molar-refractivity contribution in [2.45, 2.75) is 6.42 Å². The van der Waals surface area contributed by atoms with Crippen molar-refractivity contribution in [1.29, 1.82) is 0 Å². The zero-order valence-corrected chi connectivity index (χ0v) is 12.7. The van der Waals surface area contributed by atoms with Crippen LogP contribution in [-0.2, 0) is 0 Å². The standard InChI is InChI=1S/C8H7ClN6O.C7H6/c9-5-2-1-3-11-6(5)15-4-12-7(14-10)13-8(15)16;1-2-7-4-3-6(1)5-7/h1-4H,10H2,(H,13,14,16);1-4H,5H2. The predicted octanol–water partition coefficient (Wildman–Crippen LogP) is 1.77. The molecule has 2 aromatic rings. The van der Waals surface area contributed by atoms with E-state index in [0.29, 0.717) is 5.02 Å². The third-order valence-electron chi connectivity index (χ3n) is 3.23. The number of halogens is 1. The van der Waals surface area contributed by atoms with Crippen molar-refractivity contribution in [2.24, 2.45) is 5.84 Å². The second-order valence-electron chi connectivity index (χ2n) is 4.78. The summed E-state index contributed by atoms with van der Waals surface area (Å²) in [4.78, 5) is 22.9. The van der Waals surface area contributed by atoms with Gasteiger partial charge in [-0.2, -0.15) is 4.98 Å². The number of aromatic nitrogens is 4. The first-order valence-electron chi connectivity index (χ1n) is 6.78. The number of anilines is 1. The number of nitrogens with one attached hydrogen (secondary N) is 1. The second kappa shape index (κ2) is 6.55. The molecule has 0 aliphatic heterocycles. The van der Waals surface area contributed by atoms with E-state index in [4.69, 9.17) is 17.4 Å². The van der Waals surface area contributed by atoms with Crippen LogP contribution in [0.25, 0.3) is 5.82 Å². The molecule has 0 spiro atoms. The van der Waals surface area contributed by atoms with E-state index >= 15 is 0 Å². The summed E-state index contributed by atoms with van der Waals surface area (Å²) in [6, 6.07) is 3.28. The zero-order chi connectivity index (χ0) is 16.2. The largest absolute Gasteiger partial charge is 0.357 e. The van der Waals surface area contributed by atoms with Crippen LogP contribution < -0.4 is 17.0 Å². The molecule has 7 nitrogen and oxygen atoms in total. The Morgan fingerprint density at radius 1 is 1.22 bits per heavy atom. The molecular weight excluding hydrogens is 316 g/mol. The molecule has 3 N–H and O–H groups in total. The Morgan fingerprint density at radius 3 is 2.43 bits per heavy atom. The number of nitrogens with two attached hydrogens (primary N) is 1. The van der Waals surface area contributed by atoms with Gasteiger partial charge in [-0.1, -0.05) is 35.9 Å². The van der Waals surface area contributed by atoms with Gasteiger partial charge in [-0.05, 0) is 29.7 Å². The third kappa shape index (κ3) is 3.36. The van der Waals surface area contributed by atoms with Crippen molar-refractivity contribution in [2.75, 3.05) is 5.43 Å². The summed E-state index contributed by atoms with van der Waals surface area (Å²) < 4.78 is 1.13. The average Bonchev–Trinajstić information content (AvgIpc) is 3.22. The molecule has 0 fully saturated rings. The van der Waals surface area contributed by atoms with Crippen molar-refractivity contribution in [1.82, 2.24) is 19.5 Å². The number of nitrogen functional groups attached to an aromatic ring is 1. The number of hydrazine groups is 1. The Kier molecular flexibility index (Phi) is 4.31. The molecule has 116 valence electrons. The minimum absolute atomic E-state index is 0.0355. The van der Waals surface area contributed by atoms with Gasteiger partial charge in [0.05, 0.1) is 5.02 Å². The van der Waals surface area contributed by atoms with Gasteiger partial charge in [0.25, 0.3) is 0 Å². The van der Waals surface area contributed by atoms with Crippen LogP contribution in [0.3, 0.4) is 0 Å². The molecule has 0 saturated carbocycles. The zero-order valence-electron chi connectivity index (χ0n) is 12.0. The molecule has 2 bridgehead atoms. The van der Waals surface area contributed by atoms with Crippen molar-refractivity contribution in [3.8, 4) is 5.82 Å². The molecule has 23 heavy (non-hydrogen) atoms. The Morgan fingerprint density at radius 2 is 1.96 bits per heavy atom. The van der Waals surface area contributed by atoms with Crippen molar-refractivity contribution >= 4 is 17.5 Å². The quantitative estimate of drug-likeness (QED) is 0.644. The summed E-state index contributed by atoms with van der Waals surface area (Å²) >= 11 is 5.89. The Balaban J connectivity index is 0.000000183. The summed E-state index contributed by atoms with van der Waals surface area (Å²) in [6.45, 7) is 0. The molecule has 8 heteroatoms. The van der Waals surface area contributed by atoms with Crippen LogP contribution in [-0.4, -0.2) is 19.5 Å². The topological polar surface area (TPSA) is 98.7 Å². The highest BCUT2D eigenvalue weighted by molar-refractivity contribution is 6.32. The smallest absolute Gasteiger partial charge is 0.292 e. The van der Waals surface area contributed by atoms with Gasteiger partial charge in [-0.25, -0.2) is 25.2 Å². The summed E-state index contributed by atoms with van der Waals surface area (Å²) in [5.41, 5.74) is 4.54. The van der Waals surface area contributed by atoms with Gasteiger partial charge in [0.1, 0.15) is 6.33 Å². The van der Waals surface area contributed by atoms with Crippen LogP contribution in [0.5, 0.6) is 0 Å². The molecule has 2 aliphatic rings. The molecule has 0 radical (unpaired) electrons. The van der Waals surface area contributed by atoms with Crippen LogP contribution in [0.2, 0.25) is 5.02 Å². The fourth-order valence-corrected chi connectivity index (χ4v) is 2.33. The van der Waals surface area contributed by atoms with Crippen LogP contribution in [0.15, 0.2) is 64.9 Å². The molecule has 0 saturated heterocycles. The Bertz CT molecular complexity index is 864. The van der Waals surface area contributed by atoms with Gasteiger partial charge in [-0.3, -0.25) is 5.43 Å². The molecule has 0 unspecified atom stereocenters. The SMILES string of the molecule is C1=CC2=CC=C1C2.NNc1ncn(-c2ncccc2Cl)c(=O)n1. The highest BCUT2D eigenvalue weighted by atomic mass is 35.5. The van der Waals surface area contributed by atoms with Crippen molar-refractivity contribution in [3.63, 3.8) is 0 Å². The third-order valence-corrected chi connectivity index (χ3v) is 3.53. The number of hydrogen-bond acceptors (Lipinski definition) is 6. The summed E-state index contributed by atoms with van der Waals surface area (Å²) in [5, 5.41) is 0.335. The first kappa shape index (κ1) is 15.1. The monoisotopic (exact) mass is 328 g/mol. The Labute approximate surface area is 136 Å². The number of hydrogen-bond donors (Lipinski definition) is 2. The molecule has 4 rings (SSSR count). The van der Waals surface area contributed by atoms with Crippen LogP contribution in [0, 0.1) is 0 Å². The van der Waals surface area contributed by atoms with E-state index in [2.05, 4.69) is 44.7 Å². The van der Waals surface area contributed by atoms with E-state index < -0.39 is 5.69 Å². The number of allylic oxidation sites excluding steroid dienone is 6. The minimum Gasteiger partial charge on any atom is -0.292 e. The maximum atomic E-state index is 11.6. The molecule has 2 heterocycles. The Hall–Kier alpha value is -2.77. The molecule has 0 aromatic carbocycles. The van der Waals surface area contributed by atoms with E-state index in [1.807, 2.05) is 0 Å². The van der Waals surface area contributed by atoms with E-state index in [1.165, 1.54) is 30.1 Å². The number of rotatable bonds is 2. The molecule has 2 aliphatic carbocycles. The predicted molar refractivity (Wildman–Crippen MR) is 88.2 cm³/mol. The lowest BCUT2D eigenvalue weighted by molar-refractivity contribution is 0.835. The lowest BCUT2D eigenvalue weighted by Crippen LogP contribution is -2.25. The van der Waals surface area contributed by atoms with Crippen LogP contribution in [0.4, 0.5) is 5.95 Å². The van der Waals surface area contributed by atoms with Gasteiger partial charge in [0.2, 0.25) is 5.95 Å².